The lowest BCUT2D eigenvalue weighted by molar-refractivity contribution is -0.384. The molecule has 0 bridgehead atoms. The number of carbonyl (C=O) groups is 1. The SMILES string of the molecule is O=C(CCc1ncc(-c2ccccc2Cl)o1)Nc1cccc([N+](=O)[O-])c1. The third-order valence-corrected chi connectivity index (χ3v) is 3.93. The van der Waals surface area contributed by atoms with Gasteiger partial charge in [0.05, 0.1) is 16.1 Å². The molecule has 1 amide bonds. The molecule has 0 spiro atoms. The van der Waals surface area contributed by atoms with E-state index in [0.29, 0.717) is 28.8 Å². The largest absolute Gasteiger partial charge is 0.441 e. The van der Waals surface area contributed by atoms with Crippen LogP contribution in [0.2, 0.25) is 5.02 Å². The van der Waals surface area contributed by atoms with Crippen molar-refractivity contribution in [2.75, 3.05) is 5.32 Å². The number of hydrogen-bond donors (Lipinski definition) is 1. The highest BCUT2D eigenvalue weighted by Crippen LogP contribution is 2.28. The number of nitro groups is 1. The zero-order chi connectivity index (χ0) is 18.5. The first-order chi connectivity index (χ1) is 12.5. The molecule has 0 atom stereocenters. The first-order valence-corrected chi connectivity index (χ1v) is 8.14. The van der Waals surface area contributed by atoms with Crippen LogP contribution in [0.3, 0.4) is 0 Å². The Kier molecular flexibility index (Phi) is 5.28. The van der Waals surface area contributed by atoms with Crippen LogP contribution < -0.4 is 5.32 Å². The lowest BCUT2D eigenvalue weighted by atomic mass is 10.2. The molecular weight excluding hydrogens is 358 g/mol. The Bertz CT molecular complexity index is 955. The smallest absolute Gasteiger partial charge is 0.271 e. The van der Waals surface area contributed by atoms with Crippen molar-refractivity contribution < 1.29 is 14.1 Å². The molecule has 7 nitrogen and oxygen atoms in total. The highest BCUT2D eigenvalue weighted by Gasteiger charge is 2.12. The minimum Gasteiger partial charge on any atom is -0.441 e. The Morgan fingerprint density at radius 2 is 2.04 bits per heavy atom. The normalized spacial score (nSPS) is 10.5. The fourth-order valence-electron chi connectivity index (χ4n) is 2.35. The first-order valence-electron chi connectivity index (χ1n) is 7.77. The van der Waals surface area contributed by atoms with Crippen LogP contribution in [0, 0.1) is 10.1 Å². The van der Waals surface area contributed by atoms with Crippen LogP contribution in [0.4, 0.5) is 11.4 Å². The Labute approximate surface area is 153 Å². The molecule has 0 unspecified atom stereocenters. The number of non-ortho nitro benzene ring substituents is 1. The maximum absolute atomic E-state index is 12.0. The molecule has 3 rings (SSSR count). The second kappa shape index (κ2) is 7.79. The number of aryl methyl sites for hydroxylation is 1. The molecule has 1 N–H and O–H groups in total. The maximum atomic E-state index is 12.0. The fraction of sp³-hybridized carbons (Fsp3) is 0.111. The van der Waals surface area contributed by atoms with Crippen molar-refractivity contribution in [1.82, 2.24) is 4.98 Å². The van der Waals surface area contributed by atoms with Gasteiger partial charge in [-0.1, -0.05) is 29.8 Å². The monoisotopic (exact) mass is 371 g/mol. The van der Waals surface area contributed by atoms with Gasteiger partial charge in [0.1, 0.15) is 0 Å². The summed E-state index contributed by atoms with van der Waals surface area (Å²) in [5.41, 5.74) is 1.02. The molecule has 1 aromatic heterocycles. The third kappa shape index (κ3) is 4.25. The number of carbonyl (C=O) groups excluding carboxylic acids is 1. The number of nitrogens with zero attached hydrogens (tertiary/aromatic N) is 2. The van der Waals surface area contributed by atoms with Crippen LogP contribution in [0.5, 0.6) is 0 Å². The van der Waals surface area contributed by atoms with Gasteiger partial charge in [-0.2, -0.15) is 0 Å². The molecule has 0 saturated carbocycles. The Balaban J connectivity index is 1.59. The van der Waals surface area contributed by atoms with Crippen LogP contribution in [0.15, 0.2) is 59.1 Å². The molecule has 8 heteroatoms. The molecule has 0 aliphatic carbocycles. The quantitative estimate of drug-likeness (QED) is 0.509. The van der Waals surface area contributed by atoms with Gasteiger partial charge in [0.25, 0.3) is 5.69 Å². The minimum atomic E-state index is -0.515. The van der Waals surface area contributed by atoms with E-state index in [9.17, 15) is 14.9 Å². The van der Waals surface area contributed by atoms with Crippen molar-refractivity contribution in [3.63, 3.8) is 0 Å². The molecule has 0 aliphatic heterocycles. The van der Waals surface area contributed by atoms with Gasteiger partial charge in [-0.05, 0) is 18.2 Å². The number of benzene rings is 2. The number of nitro benzene ring substituents is 1. The Hall–Kier alpha value is -3.19. The molecule has 0 saturated heterocycles. The number of rotatable bonds is 6. The Morgan fingerprint density at radius 3 is 2.81 bits per heavy atom. The zero-order valence-corrected chi connectivity index (χ0v) is 14.3. The fourth-order valence-corrected chi connectivity index (χ4v) is 2.58. The summed E-state index contributed by atoms with van der Waals surface area (Å²) in [6.07, 6.45) is 1.99. The van der Waals surface area contributed by atoms with E-state index in [1.165, 1.54) is 18.2 Å². The number of halogens is 1. The summed E-state index contributed by atoms with van der Waals surface area (Å²) in [7, 11) is 0. The molecule has 0 aliphatic rings. The lowest BCUT2D eigenvalue weighted by Crippen LogP contribution is -2.12. The van der Waals surface area contributed by atoms with Gasteiger partial charge in [-0.25, -0.2) is 4.98 Å². The van der Waals surface area contributed by atoms with Crippen LogP contribution in [-0.2, 0) is 11.2 Å². The average Bonchev–Trinajstić information content (AvgIpc) is 3.09. The second-order valence-corrected chi connectivity index (χ2v) is 5.86. The van der Waals surface area contributed by atoms with Gasteiger partial charge in [0, 0.05) is 36.2 Å². The van der Waals surface area contributed by atoms with Crippen LogP contribution >= 0.6 is 11.6 Å². The highest BCUT2D eigenvalue weighted by molar-refractivity contribution is 6.33. The Morgan fingerprint density at radius 1 is 1.23 bits per heavy atom. The molecule has 0 radical (unpaired) electrons. The highest BCUT2D eigenvalue weighted by atomic mass is 35.5. The van der Waals surface area contributed by atoms with E-state index in [0.717, 1.165) is 5.56 Å². The number of oxazole rings is 1. The summed E-state index contributed by atoms with van der Waals surface area (Å²) >= 11 is 6.12. The van der Waals surface area contributed by atoms with E-state index in [2.05, 4.69) is 10.3 Å². The van der Waals surface area contributed by atoms with Crippen LogP contribution in [0.25, 0.3) is 11.3 Å². The molecular formula is C18H14ClN3O4. The van der Waals surface area contributed by atoms with Crippen molar-refractivity contribution in [2.24, 2.45) is 0 Å². The predicted molar refractivity (Wildman–Crippen MR) is 97.0 cm³/mol. The van der Waals surface area contributed by atoms with E-state index in [-0.39, 0.29) is 18.0 Å². The van der Waals surface area contributed by atoms with Crippen molar-refractivity contribution in [2.45, 2.75) is 12.8 Å². The van der Waals surface area contributed by atoms with Crippen LogP contribution in [-0.4, -0.2) is 15.8 Å². The first kappa shape index (κ1) is 17.6. The van der Waals surface area contributed by atoms with Crippen molar-refractivity contribution in [1.29, 1.82) is 0 Å². The van der Waals surface area contributed by atoms with Gasteiger partial charge in [0.15, 0.2) is 11.7 Å². The van der Waals surface area contributed by atoms with E-state index in [1.807, 2.05) is 18.2 Å². The second-order valence-electron chi connectivity index (χ2n) is 5.45. The number of anilines is 1. The van der Waals surface area contributed by atoms with Gasteiger partial charge in [-0.15, -0.1) is 0 Å². The molecule has 0 fully saturated rings. The number of nitrogens with one attached hydrogen (secondary N) is 1. The number of amides is 1. The molecule has 3 aromatic rings. The zero-order valence-electron chi connectivity index (χ0n) is 13.5. The number of aromatic nitrogens is 1. The molecule has 1 heterocycles. The standard InChI is InChI=1S/C18H14ClN3O4/c19-15-7-2-1-6-14(15)16-11-20-18(26-16)9-8-17(23)21-12-4-3-5-13(10-12)22(24)25/h1-7,10-11H,8-9H2,(H,21,23). The van der Waals surface area contributed by atoms with Gasteiger partial charge in [0.2, 0.25) is 5.91 Å². The summed E-state index contributed by atoms with van der Waals surface area (Å²) < 4.78 is 5.64. The van der Waals surface area contributed by atoms with Gasteiger partial charge >= 0.3 is 0 Å². The third-order valence-electron chi connectivity index (χ3n) is 3.60. The van der Waals surface area contributed by atoms with Crippen molar-refractivity contribution >= 4 is 28.9 Å². The predicted octanol–water partition coefficient (Wildman–Crippen LogP) is 4.47. The van der Waals surface area contributed by atoms with E-state index < -0.39 is 4.92 Å². The van der Waals surface area contributed by atoms with Crippen molar-refractivity contribution in [3.05, 3.63) is 75.8 Å². The van der Waals surface area contributed by atoms with E-state index in [1.54, 1.807) is 18.3 Å². The topological polar surface area (TPSA) is 98.3 Å². The lowest BCUT2D eigenvalue weighted by Gasteiger charge is -2.04. The van der Waals surface area contributed by atoms with E-state index >= 15 is 0 Å². The number of hydrogen-bond acceptors (Lipinski definition) is 5. The molecule has 132 valence electrons. The summed E-state index contributed by atoms with van der Waals surface area (Å²) in [5, 5.41) is 13.9. The van der Waals surface area contributed by atoms with Gasteiger partial charge in [-0.3, -0.25) is 14.9 Å². The molecule has 26 heavy (non-hydrogen) atoms. The van der Waals surface area contributed by atoms with Crippen molar-refractivity contribution in [3.8, 4) is 11.3 Å². The summed E-state index contributed by atoms with van der Waals surface area (Å²) in [6, 6.07) is 13.0. The minimum absolute atomic E-state index is 0.0834. The summed E-state index contributed by atoms with van der Waals surface area (Å²) in [4.78, 5) is 26.4. The molecule has 2 aromatic carbocycles. The summed E-state index contributed by atoms with van der Waals surface area (Å²) in [5.74, 6) is 0.654. The van der Waals surface area contributed by atoms with Gasteiger partial charge < -0.3 is 9.73 Å². The maximum Gasteiger partial charge on any atom is 0.271 e. The summed E-state index contributed by atoms with van der Waals surface area (Å²) in [6.45, 7) is 0. The average molecular weight is 372 g/mol. The van der Waals surface area contributed by atoms with Crippen LogP contribution in [0.1, 0.15) is 12.3 Å². The van der Waals surface area contributed by atoms with E-state index in [4.69, 9.17) is 16.0 Å².